The summed E-state index contributed by atoms with van der Waals surface area (Å²) in [5, 5.41) is 11.6. The highest BCUT2D eigenvalue weighted by Crippen LogP contribution is 2.46. The number of ether oxygens (including phenoxy) is 2. The minimum absolute atomic E-state index is 0.00646. The number of ketones is 1. The van der Waals surface area contributed by atoms with Crippen molar-refractivity contribution < 1.29 is 24.2 Å². The molecule has 4 aromatic rings. The van der Waals surface area contributed by atoms with Gasteiger partial charge in [-0.3, -0.25) is 14.5 Å². The second-order valence-corrected chi connectivity index (χ2v) is 9.12. The third-order valence-corrected chi connectivity index (χ3v) is 7.01. The molecule has 1 N–H and O–H groups in total. The molecule has 1 fully saturated rings. The van der Waals surface area contributed by atoms with Crippen molar-refractivity contribution in [3.63, 3.8) is 0 Å². The monoisotopic (exact) mass is 470 g/mol. The van der Waals surface area contributed by atoms with Gasteiger partial charge in [-0.15, -0.1) is 0 Å². The van der Waals surface area contributed by atoms with E-state index in [0.29, 0.717) is 27.8 Å². The van der Waals surface area contributed by atoms with Crippen LogP contribution in [-0.2, 0) is 9.59 Å². The van der Waals surface area contributed by atoms with Gasteiger partial charge in [-0.05, 0) is 36.8 Å². The molecule has 1 saturated heterocycles. The summed E-state index contributed by atoms with van der Waals surface area (Å²) < 4.78 is 11.8. The van der Waals surface area contributed by atoms with Gasteiger partial charge in [0, 0.05) is 5.56 Å². The number of Topliss-reactive ketones (excluding diaryl/α,β-unsaturated/α-hetero) is 1. The third kappa shape index (κ3) is 3.14. The normalized spacial score (nSPS) is 18.7. The molecule has 2 aliphatic heterocycles. The summed E-state index contributed by atoms with van der Waals surface area (Å²) >= 11 is 1.32. The van der Waals surface area contributed by atoms with E-state index in [1.807, 2.05) is 43.3 Å². The molecule has 3 aromatic carbocycles. The number of hydrogen-bond acceptors (Lipinski definition) is 7. The van der Waals surface area contributed by atoms with E-state index in [9.17, 15) is 14.7 Å². The Labute approximate surface area is 198 Å². The standard InChI is InChI=1S/C26H18N2O5S/c1-14-6-8-15(9-7-14)23(29)21-22(16-10-11-18-19(12-16)33-13-32-18)28(25(31)24(21)30)26-27-17-4-2-3-5-20(17)34-26/h2-12,22,29H,13H2,1H3/b23-21+. The van der Waals surface area contributed by atoms with E-state index in [0.717, 1.165) is 15.8 Å². The number of amides is 1. The van der Waals surface area contributed by atoms with Gasteiger partial charge in [0.1, 0.15) is 5.76 Å². The number of benzene rings is 3. The average Bonchev–Trinajstić information content (AvgIpc) is 3.55. The SMILES string of the molecule is Cc1ccc(/C(O)=C2\C(=O)C(=O)N(c3nc4ccccc4s3)C2c2ccc3c(c2)OCO3)cc1. The summed E-state index contributed by atoms with van der Waals surface area (Å²) in [6.45, 7) is 2.03. The molecule has 0 saturated carbocycles. The number of para-hydroxylation sites is 1. The van der Waals surface area contributed by atoms with Crippen LogP contribution >= 0.6 is 11.3 Å². The van der Waals surface area contributed by atoms with E-state index in [1.165, 1.54) is 16.2 Å². The van der Waals surface area contributed by atoms with Crippen LogP contribution in [0, 0.1) is 6.92 Å². The summed E-state index contributed by atoms with van der Waals surface area (Å²) in [6.07, 6.45) is 0. The summed E-state index contributed by atoms with van der Waals surface area (Å²) in [5.74, 6) is -0.637. The number of fused-ring (bicyclic) bond motifs is 2. The van der Waals surface area contributed by atoms with Crippen molar-refractivity contribution in [2.75, 3.05) is 11.7 Å². The molecule has 1 atom stereocenters. The number of thiazole rings is 1. The number of nitrogens with zero attached hydrogens (tertiary/aromatic N) is 2. The highest BCUT2D eigenvalue weighted by atomic mass is 32.1. The fraction of sp³-hybridized carbons (Fsp3) is 0.115. The summed E-state index contributed by atoms with van der Waals surface area (Å²) in [6, 6.07) is 19.0. The maximum absolute atomic E-state index is 13.3. The van der Waals surface area contributed by atoms with Crippen LogP contribution in [0.3, 0.4) is 0 Å². The van der Waals surface area contributed by atoms with Crippen molar-refractivity contribution in [3.8, 4) is 11.5 Å². The molecule has 1 amide bonds. The van der Waals surface area contributed by atoms with Gasteiger partial charge in [0.05, 0.1) is 21.8 Å². The van der Waals surface area contributed by atoms with Gasteiger partial charge in [-0.1, -0.05) is 59.4 Å². The number of carbonyl (C=O) groups is 2. The highest BCUT2D eigenvalue weighted by Gasteiger charge is 2.48. The largest absolute Gasteiger partial charge is 0.507 e. The van der Waals surface area contributed by atoms with Crippen LogP contribution in [0.1, 0.15) is 22.7 Å². The molecule has 168 valence electrons. The molecule has 1 unspecified atom stereocenters. The molecule has 8 heteroatoms. The van der Waals surface area contributed by atoms with E-state index in [1.54, 1.807) is 30.3 Å². The van der Waals surface area contributed by atoms with Crippen LogP contribution in [0.4, 0.5) is 5.13 Å². The fourth-order valence-corrected chi connectivity index (χ4v) is 5.25. The zero-order chi connectivity index (χ0) is 23.4. The van der Waals surface area contributed by atoms with Crippen LogP contribution in [0.25, 0.3) is 16.0 Å². The fourth-order valence-electron chi connectivity index (χ4n) is 4.26. The Balaban J connectivity index is 1.57. The summed E-state index contributed by atoms with van der Waals surface area (Å²) in [4.78, 5) is 32.6. The molecule has 6 rings (SSSR count). The number of carbonyl (C=O) groups excluding carboxylic acids is 2. The number of aromatic nitrogens is 1. The topological polar surface area (TPSA) is 89.0 Å². The van der Waals surface area contributed by atoms with Gasteiger partial charge in [0.15, 0.2) is 16.6 Å². The number of anilines is 1. The second kappa shape index (κ2) is 7.71. The third-order valence-electron chi connectivity index (χ3n) is 5.97. The molecule has 1 aromatic heterocycles. The number of aliphatic hydroxyl groups is 1. The Hall–Kier alpha value is -4.17. The number of aliphatic hydroxyl groups excluding tert-OH is 1. The smallest absolute Gasteiger partial charge is 0.301 e. The van der Waals surface area contributed by atoms with Crippen molar-refractivity contribution in [2.45, 2.75) is 13.0 Å². The van der Waals surface area contributed by atoms with Crippen LogP contribution in [-0.4, -0.2) is 28.6 Å². The Morgan fingerprint density at radius 3 is 2.59 bits per heavy atom. The Bertz CT molecular complexity index is 1470. The molecule has 0 bridgehead atoms. The zero-order valence-electron chi connectivity index (χ0n) is 18.0. The van der Waals surface area contributed by atoms with Crippen LogP contribution < -0.4 is 14.4 Å². The van der Waals surface area contributed by atoms with E-state index >= 15 is 0 Å². The van der Waals surface area contributed by atoms with E-state index in [-0.39, 0.29) is 18.1 Å². The van der Waals surface area contributed by atoms with Gasteiger partial charge < -0.3 is 14.6 Å². The lowest BCUT2D eigenvalue weighted by Gasteiger charge is -2.23. The maximum atomic E-state index is 13.3. The maximum Gasteiger partial charge on any atom is 0.301 e. The molecule has 0 radical (unpaired) electrons. The molecule has 0 spiro atoms. The first-order chi connectivity index (χ1) is 16.5. The highest BCUT2D eigenvalue weighted by molar-refractivity contribution is 7.22. The first kappa shape index (κ1) is 20.4. The minimum atomic E-state index is -0.878. The molecule has 7 nitrogen and oxygen atoms in total. The van der Waals surface area contributed by atoms with Gasteiger partial charge in [0.2, 0.25) is 6.79 Å². The lowest BCUT2D eigenvalue weighted by Crippen LogP contribution is -2.29. The average molecular weight is 471 g/mol. The lowest BCUT2D eigenvalue weighted by atomic mass is 9.95. The molecule has 0 aliphatic carbocycles. The van der Waals surface area contributed by atoms with E-state index < -0.39 is 17.7 Å². The molecular formula is C26H18N2O5S. The Morgan fingerprint density at radius 2 is 1.79 bits per heavy atom. The van der Waals surface area contributed by atoms with Crippen molar-refractivity contribution in [2.24, 2.45) is 0 Å². The zero-order valence-corrected chi connectivity index (χ0v) is 18.8. The molecule has 2 aliphatic rings. The first-order valence-corrected chi connectivity index (χ1v) is 11.5. The number of aryl methyl sites for hydroxylation is 1. The minimum Gasteiger partial charge on any atom is -0.507 e. The van der Waals surface area contributed by atoms with Gasteiger partial charge >= 0.3 is 5.91 Å². The Kier molecular flexibility index (Phi) is 4.63. The van der Waals surface area contributed by atoms with Crippen LogP contribution in [0.15, 0.2) is 72.3 Å². The predicted octanol–water partition coefficient (Wildman–Crippen LogP) is 4.96. The lowest BCUT2D eigenvalue weighted by molar-refractivity contribution is -0.132. The van der Waals surface area contributed by atoms with E-state index in [4.69, 9.17) is 9.47 Å². The van der Waals surface area contributed by atoms with Gasteiger partial charge in [-0.2, -0.15) is 0 Å². The second-order valence-electron chi connectivity index (χ2n) is 8.11. The van der Waals surface area contributed by atoms with Gasteiger partial charge in [-0.25, -0.2) is 4.98 Å². The van der Waals surface area contributed by atoms with Gasteiger partial charge in [0.25, 0.3) is 5.78 Å². The Morgan fingerprint density at radius 1 is 1.03 bits per heavy atom. The van der Waals surface area contributed by atoms with E-state index in [2.05, 4.69) is 4.98 Å². The van der Waals surface area contributed by atoms with Crippen molar-refractivity contribution in [3.05, 3.63) is 89.0 Å². The van der Waals surface area contributed by atoms with Crippen LogP contribution in [0.2, 0.25) is 0 Å². The molecule has 34 heavy (non-hydrogen) atoms. The van der Waals surface area contributed by atoms with Crippen molar-refractivity contribution >= 4 is 44.1 Å². The molecule has 3 heterocycles. The van der Waals surface area contributed by atoms with Crippen molar-refractivity contribution in [1.29, 1.82) is 0 Å². The number of hydrogen-bond donors (Lipinski definition) is 1. The van der Waals surface area contributed by atoms with Crippen LogP contribution in [0.5, 0.6) is 11.5 Å². The summed E-state index contributed by atoms with van der Waals surface area (Å²) in [5.41, 5.74) is 2.81. The van der Waals surface area contributed by atoms with Crippen molar-refractivity contribution in [1.82, 2.24) is 4.98 Å². The molecular weight excluding hydrogens is 452 g/mol. The number of rotatable bonds is 3. The predicted molar refractivity (Wildman–Crippen MR) is 128 cm³/mol. The first-order valence-electron chi connectivity index (χ1n) is 10.6. The quantitative estimate of drug-likeness (QED) is 0.259. The summed E-state index contributed by atoms with van der Waals surface area (Å²) in [7, 11) is 0.